The first kappa shape index (κ1) is 20.6. The molecule has 0 atom stereocenters. The van der Waals surface area contributed by atoms with E-state index in [1.807, 2.05) is 0 Å². The van der Waals surface area contributed by atoms with E-state index in [9.17, 15) is 18.0 Å². The fraction of sp³-hybridized carbons (Fsp3) is 0.176. The minimum absolute atomic E-state index is 0.0230. The zero-order valence-corrected chi connectivity index (χ0v) is 16.3. The number of amides is 1. The number of halogens is 4. The lowest BCUT2D eigenvalue weighted by atomic mass is 10.3. The van der Waals surface area contributed by atoms with Crippen molar-refractivity contribution in [1.29, 1.82) is 0 Å². The molecule has 0 aliphatic rings. The second-order valence-electron chi connectivity index (χ2n) is 5.76. The molecule has 2 aromatic heterocycles. The number of nitrogens with zero attached hydrogens (tertiary/aromatic N) is 3. The number of hydrogen-bond donors (Lipinski definition) is 4. The predicted octanol–water partition coefficient (Wildman–Crippen LogP) is 3.86. The molecule has 0 bridgehead atoms. The van der Waals surface area contributed by atoms with Crippen molar-refractivity contribution in [2.24, 2.45) is 0 Å². The van der Waals surface area contributed by atoms with Crippen LogP contribution in [0.1, 0.15) is 5.82 Å². The molecule has 0 unspecified atom stereocenters. The van der Waals surface area contributed by atoms with Crippen LogP contribution in [0.25, 0.3) is 0 Å². The number of carbonyl (C=O) groups excluding carboxylic acids is 1. The fourth-order valence-electron chi connectivity index (χ4n) is 2.25. The summed E-state index contributed by atoms with van der Waals surface area (Å²) in [4.78, 5) is 26.6. The van der Waals surface area contributed by atoms with Gasteiger partial charge in [0.2, 0.25) is 5.95 Å². The molecule has 0 saturated heterocycles. The largest absolute Gasteiger partial charge is 0.471 e. The van der Waals surface area contributed by atoms with Gasteiger partial charge in [-0.25, -0.2) is 9.97 Å². The van der Waals surface area contributed by atoms with Crippen molar-refractivity contribution in [2.75, 3.05) is 22.5 Å². The van der Waals surface area contributed by atoms with E-state index >= 15 is 0 Å². The topological polar surface area (TPSA) is 108 Å². The van der Waals surface area contributed by atoms with Crippen LogP contribution >= 0.6 is 15.9 Å². The van der Waals surface area contributed by atoms with Gasteiger partial charge >= 0.3 is 12.1 Å². The van der Waals surface area contributed by atoms with Crippen LogP contribution in [0.15, 0.2) is 47.3 Å². The Bertz CT molecular complexity index is 962. The van der Waals surface area contributed by atoms with E-state index in [-0.39, 0.29) is 5.69 Å². The van der Waals surface area contributed by atoms with Crippen LogP contribution in [0.3, 0.4) is 0 Å². The Morgan fingerprint density at radius 1 is 1.14 bits per heavy atom. The van der Waals surface area contributed by atoms with E-state index < -0.39 is 12.1 Å². The first-order valence-corrected chi connectivity index (χ1v) is 9.10. The molecule has 12 heteroatoms. The molecule has 0 radical (unpaired) electrons. The standard InChI is InChI=1S/C17H15BrF3N7O/c18-12-9-25-16(28-14(12)24-6-5-13-22-7-8-23-13)27-11-3-1-10(2-4-11)26-15(29)17(19,20)21/h1-4,7-9H,5-6H2,(H,22,23)(H,26,29)(H2,24,25,27,28). The van der Waals surface area contributed by atoms with Gasteiger partial charge in [-0.2, -0.15) is 18.2 Å². The number of benzene rings is 1. The number of imidazole rings is 1. The Morgan fingerprint density at radius 2 is 1.86 bits per heavy atom. The van der Waals surface area contributed by atoms with Crippen molar-refractivity contribution in [3.63, 3.8) is 0 Å². The molecule has 152 valence electrons. The lowest BCUT2D eigenvalue weighted by molar-refractivity contribution is -0.167. The van der Waals surface area contributed by atoms with Crippen molar-refractivity contribution < 1.29 is 18.0 Å². The van der Waals surface area contributed by atoms with Crippen molar-refractivity contribution in [3.05, 3.63) is 53.2 Å². The maximum absolute atomic E-state index is 12.3. The summed E-state index contributed by atoms with van der Waals surface area (Å²) >= 11 is 3.37. The van der Waals surface area contributed by atoms with E-state index in [2.05, 4.69) is 46.5 Å². The molecule has 3 aromatic rings. The maximum atomic E-state index is 12.3. The molecular formula is C17H15BrF3N7O. The van der Waals surface area contributed by atoms with Gasteiger partial charge in [-0.15, -0.1) is 0 Å². The van der Waals surface area contributed by atoms with Gasteiger partial charge < -0.3 is 20.9 Å². The second-order valence-corrected chi connectivity index (χ2v) is 6.61. The van der Waals surface area contributed by atoms with E-state index in [0.29, 0.717) is 34.9 Å². The molecular weight excluding hydrogens is 455 g/mol. The number of hydrogen-bond acceptors (Lipinski definition) is 6. The fourth-order valence-corrected chi connectivity index (χ4v) is 2.58. The van der Waals surface area contributed by atoms with Crippen LogP contribution in [0, 0.1) is 0 Å². The zero-order chi connectivity index (χ0) is 20.9. The highest BCUT2D eigenvalue weighted by Gasteiger charge is 2.38. The molecule has 29 heavy (non-hydrogen) atoms. The number of nitrogens with one attached hydrogen (secondary N) is 4. The third kappa shape index (κ3) is 5.91. The Balaban J connectivity index is 1.60. The van der Waals surface area contributed by atoms with Crippen molar-refractivity contribution in [1.82, 2.24) is 19.9 Å². The Morgan fingerprint density at radius 3 is 2.52 bits per heavy atom. The highest BCUT2D eigenvalue weighted by atomic mass is 79.9. The van der Waals surface area contributed by atoms with Crippen molar-refractivity contribution >= 4 is 45.0 Å². The first-order valence-electron chi connectivity index (χ1n) is 8.31. The molecule has 8 nitrogen and oxygen atoms in total. The van der Waals surface area contributed by atoms with Gasteiger partial charge in [-0.05, 0) is 40.2 Å². The number of alkyl halides is 3. The van der Waals surface area contributed by atoms with Crippen molar-refractivity contribution in [2.45, 2.75) is 12.6 Å². The summed E-state index contributed by atoms with van der Waals surface area (Å²) in [6, 6.07) is 5.68. The molecule has 0 spiro atoms. The SMILES string of the molecule is O=C(Nc1ccc(Nc2ncc(Br)c(NCCc3ncc[nH]3)n2)cc1)C(F)(F)F. The molecule has 3 rings (SSSR count). The Kier molecular flexibility index (Phi) is 6.32. The Labute approximate surface area is 171 Å². The van der Waals surface area contributed by atoms with Gasteiger partial charge in [-0.1, -0.05) is 0 Å². The summed E-state index contributed by atoms with van der Waals surface area (Å²) in [5.41, 5.74) is 0.564. The van der Waals surface area contributed by atoms with Crippen LogP contribution < -0.4 is 16.0 Å². The highest BCUT2D eigenvalue weighted by molar-refractivity contribution is 9.10. The molecule has 0 aliphatic carbocycles. The predicted molar refractivity (Wildman–Crippen MR) is 105 cm³/mol. The summed E-state index contributed by atoms with van der Waals surface area (Å²) in [7, 11) is 0. The highest BCUT2D eigenvalue weighted by Crippen LogP contribution is 2.23. The van der Waals surface area contributed by atoms with Crippen LogP contribution in [0.5, 0.6) is 0 Å². The normalized spacial score (nSPS) is 11.2. The maximum Gasteiger partial charge on any atom is 0.471 e. The van der Waals surface area contributed by atoms with Crippen LogP contribution in [-0.2, 0) is 11.2 Å². The molecule has 0 saturated carbocycles. The molecule has 1 amide bonds. The van der Waals surface area contributed by atoms with Gasteiger partial charge in [0, 0.05) is 42.9 Å². The number of aromatic nitrogens is 4. The number of carbonyl (C=O) groups is 1. The number of anilines is 4. The molecule has 2 heterocycles. The van der Waals surface area contributed by atoms with Crippen molar-refractivity contribution in [3.8, 4) is 0 Å². The zero-order valence-electron chi connectivity index (χ0n) is 14.7. The van der Waals surface area contributed by atoms with Gasteiger partial charge in [0.15, 0.2) is 0 Å². The van der Waals surface area contributed by atoms with E-state index in [0.717, 1.165) is 5.82 Å². The number of rotatable bonds is 7. The third-order valence-electron chi connectivity index (χ3n) is 3.61. The summed E-state index contributed by atoms with van der Waals surface area (Å²) in [6.07, 6.45) is 0.734. The summed E-state index contributed by atoms with van der Waals surface area (Å²) in [5, 5.41) is 7.90. The average Bonchev–Trinajstić information content (AvgIpc) is 3.18. The van der Waals surface area contributed by atoms with Crippen LogP contribution in [-0.4, -0.2) is 38.6 Å². The van der Waals surface area contributed by atoms with Gasteiger partial charge in [0.1, 0.15) is 11.6 Å². The number of H-pyrrole nitrogens is 1. The minimum atomic E-state index is -4.94. The van der Waals surface area contributed by atoms with Crippen LogP contribution in [0.4, 0.5) is 36.3 Å². The summed E-state index contributed by atoms with van der Waals surface area (Å²) in [6.45, 7) is 0.593. The smallest absolute Gasteiger partial charge is 0.369 e. The van der Waals surface area contributed by atoms with Crippen LogP contribution in [0.2, 0.25) is 0 Å². The summed E-state index contributed by atoms with van der Waals surface area (Å²) < 4.78 is 37.5. The molecule has 4 N–H and O–H groups in total. The monoisotopic (exact) mass is 469 g/mol. The average molecular weight is 470 g/mol. The molecule has 0 fully saturated rings. The quantitative estimate of drug-likeness (QED) is 0.418. The first-order chi connectivity index (χ1) is 13.8. The molecule has 0 aliphatic heterocycles. The molecule has 1 aromatic carbocycles. The second kappa shape index (κ2) is 8.90. The van der Waals surface area contributed by atoms with Gasteiger partial charge in [0.25, 0.3) is 0 Å². The van der Waals surface area contributed by atoms with E-state index in [1.165, 1.54) is 24.3 Å². The van der Waals surface area contributed by atoms with E-state index in [4.69, 9.17) is 0 Å². The summed E-state index contributed by atoms with van der Waals surface area (Å²) in [5.74, 6) is -0.317. The third-order valence-corrected chi connectivity index (χ3v) is 4.19. The Hall–Kier alpha value is -3.15. The van der Waals surface area contributed by atoms with Gasteiger partial charge in [0.05, 0.1) is 4.47 Å². The lowest BCUT2D eigenvalue weighted by Crippen LogP contribution is -2.29. The van der Waals surface area contributed by atoms with E-state index in [1.54, 1.807) is 23.9 Å². The van der Waals surface area contributed by atoms with Gasteiger partial charge in [-0.3, -0.25) is 4.79 Å². The lowest BCUT2D eigenvalue weighted by Gasteiger charge is -2.11. The minimum Gasteiger partial charge on any atom is -0.369 e. The number of aromatic amines is 1.